The van der Waals surface area contributed by atoms with E-state index in [1.54, 1.807) is 43.5 Å². The number of aliphatic carboxylic acids is 1. The van der Waals surface area contributed by atoms with Crippen LogP contribution in [0.2, 0.25) is 0 Å². The van der Waals surface area contributed by atoms with Crippen molar-refractivity contribution in [1.82, 2.24) is 4.98 Å². The van der Waals surface area contributed by atoms with Gasteiger partial charge in [-0.2, -0.15) is 0 Å². The first-order chi connectivity index (χ1) is 19.9. The second kappa shape index (κ2) is 12.3. The second-order valence-corrected chi connectivity index (χ2v) is 9.60. The molecule has 1 heterocycles. The highest BCUT2D eigenvalue weighted by Gasteiger charge is 2.21. The van der Waals surface area contributed by atoms with Crippen LogP contribution in [0.15, 0.2) is 109 Å². The van der Waals surface area contributed by atoms with Crippen molar-refractivity contribution < 1.29 is 24.2 Å². The SMILES string of the molecule is CCc1ccccc1C(=O)c1cnc2cc(OCc3ccccc3)ccc2c1Oc1ccc(/C=C(\C)C(=O)O)cc1. The minimum atomic E-state index is -0.976. The van der Waals surface area contributed by atoms with E-state index in [9.17, 15) is 14.7 Å². The van der Waals surface area contributed by atoms with Crippen LogP contribution in [0.4, 0.5) is 0 Å². The summed E-state index contributed by atoms with van der Waals surface area (Å²) in [6.45, 7) is 3.98. The highest BCUT2D eigenvalue weighted by Crippen LogP contribution is 2.36. The lowest BCUT2D eigenvalue weighted by atomic mass is 9.96. The van der Waals surface area contributed by atoms with Gasteiger partial charge >= 0.3 is 5.97 Å². The third-order valence-corrected chi connectivity index (χ3v) is 6.75. The van der Waals surface area contributed by atoms with Gasteiger partial charge in [-0.25, -0.2) is 4.79 Å². The number of rotatable bonds is 10. The van der Waals surface area contributed by atoms with E-state index in [2.05, 4.69) is 4.98 Å². The van der Waals surface area contributed by atoms with Gasteiger partial charge in [-0.15, -0.1) is 0 Å². The number of carboxylic acids is 1. The number of benzene rings is 4. The summed E-state index contributed by atoms with van der Waals surface area (Å²) in [6.07, 6.45) is 3.86. The van der Waals surface area contributed by atoms with Gasteiger partial charge in [0.1, 0.15) is 23.9 Å². The molecule has 4 aromatic carbocycles. The molecule has 1 aromatic heterocycles. The first kappa shape index (κ1) is 27.3. The van der Waals surface area contributed by atoms with E-state index in [1.807, 2.05) is 79.7 Å². The van der Waals surface area contributed by atoms with Crippen LogP contribution in [0.5, 0.6) is 17.2 Å². The van der Waals surface area contributed by atoms with Crippen LogP contribution in [0, 0.1) is 0 Å². The molecule has 6 heteroatoms. The molecule has 0 saturated carbocycles. The number of carbonyl (C=O) groups excluding carboxylic acids is 1. The Morgan fingerprint density at radius 3 is 2.29 bits per heavy atom. The summed E-state index contributed by atoms with van der Waals surface area (Å²) in [7, 11) is 0. The van der Waals surface area contributed by atoms with Gasteiger partial charge in [-0.1, -0.05) is 73.7 Å². The summed E-state index contributed by atoms with van der Waals surface area (Å²) in [5.74, 6) is 0.402. The van der Waals surface area contributed by atoms with Crippen LogP contribution in [-0.2, 0) is 17.8 Å². The Kier molecular flexibility index (Phi) is 8.20. The van der Waals surface area contributed by atoms with E-state index in [-0.39, 0.29) is 11.4 Å². The monoisotopic (exact) mass is 543 g/mol. The van der Waals surface area contributed by atoms with E-state index in [4.69, 9.17) is 9.47 Å². The summed E-state index contributed by atoms with van der Waals surface area (Å²) in [6, 6.07) is 30.0. The van der Waals surface area contributed by atoms with Gasteiger partial charge in [-0.05, 0) is 60.4 Å². The molecule has 0 spiro atoms. The molecule has 0 radical (unpaired) electrons. The van der Waals surface area contributed by atoms with Crippen molar-refractivity contribution in [1.29, 1.82) is 0 Å². The number of ether oxygens (including phenoxy) is 2. The topological polar surface area (TPSA) is 85.7 Å². The Bertz CT molecular complexity index is 1740. The molecule has 5 aromatic rings. The average Bonchev–Trinajstić information content (AvgIpc) is 3.01. The van der Waals surface area contributed by atoms with Crippen LogP contribution in [-0.4, -0.2) is 21.8 Å². The number of fused-ring (bicyclic) bond motifs is 1. The van der Waals surface area contributed by atoms with Crippen LogP contribution in [0.25, 0.3) is 17.0 Å². The van der Waals surface area contributed by atoms with Crippen molar-refractivity contribution in [2.24, 2.45) is 0 Å². The Balaban J connectivity index is 1.53. The van der Waals surface area contributed by atoms with Crippen molar-refractivity contribution in [3.8, 4) is 17.2 Å². The quantitative estimate of drug-likeness (QED) is 0.142. The maximum absolute atomic E-state index is 13.8. The molecule has 0 aliphatic heterocycles. The number of hydrogen-bond donors (Lipinski definition) is 1. The van der Waals surface area contributed by atoms with Crippen LogP contribution in [0.1, 0.15) is 46.5 Å². The third-order valence-electron chi connectivity index (χ3n) is 6.75. The van der Waals surface area contributed by atoms with Crippen molar-refractivity contribution in [3.05, 3.63) is 137 Å². The number of aromatic nitrogens is 1. The number of ketones is 1. The smallest absolute Gasteiger partial charge is 0.331 e. The Morgan fingerprint density at radius 1 is 0.854 bits per heavy atom. The summed E-state index contributed by atoms with van der Waals surface area (Å²) in [5, 5.41) is 9.85. The molecule has 0 atom stereocenters. The van der Waals surface area contributed by atoms with Gasteiger partial charge in [0, 0.05) is 28.8 Å². The summed E-state index contributed by atoms with van der Waals surface area (Å²) in [5.41, 5.74) is 4.53. The maximum Gasteiger partial charge on any atom is 0.331 e. The van der Waals surface area contributed by atoms with Gasteiger partial charge in [0.2, 0.25) is 0 Å². The van der Waals surface area contributed by atoms with Gasteiger partial charge in [-0.3, -0.25) is 9.78 Å². The number of nitrogens with zero attached hydrogens (tertiary/aromatic N) is 1. The van der Waals surface area contributed by atoms with Crippen molar-refractivity contribution in [2.75, 3.05) is 0 Å². The van der Waals surface area contributed by atoms with E-state index < -0.39 is 5.97 Å². The minimum absolute atomic E-state index is 0.173. The molecule has 5 rings (SSSR count). The largest absolute Gasteiger partial charge is 0.489 e. The van der Waals surface area contributed by atoms with Crippen molar-refractivity contribution in [2.45, 2.75) is 26.9 Å². The first-order valence-corrected chi connectivity index (χ1v) is 13.3. The lowest BCUT2D eigenvalue weighted by Gasteiger charge is -2.15. The molecule has 0 unspecified atom stereocenters. The zero-order valence-corrected chi connectivity index (χ0v) is 22.8. The highest BCUT2D eigenvalue weighted by molar-refractivity contribution is 6.14. The lowest BCUT2D eigenvalue weighted by molar-refractivity contribution is -0.132. The van der Waals surface area contributed by atoms with Crippen LogP contribution < -0.4 is 9.47 Å². The fourth-order valence-electron chi connectivity index (χ4n) is 4.51. The molecule has 1 N–H and O–H groups in total. The van der Waals surface area contributed by atoms with Gasteiger partial charge in [0.25, 0.3) is 0 Å². The Morgan fingerprint density at radius 2 is 1.56 bits per heavy atom. The average molecular weight is 544 g/mol. The highest BCUT2D eigenvalue weighted by atomic mass is 16.5. The summed E-state index contributed by atoms with van der Waals surface area (Å²) in [4.78, 5) is 29.7. The van der Waals surface area contributed by atoms with Gasteiger partial charge in [0.15, 0.2) is 5.78 Å². The molecule has 41 heavy (non-hydrogen) atoms. The molecule has 0 aliphatic rings. The zero-order chi connectivity index (χ0) is 28.8. The molecule has 6 nitrogen and oxygen atoms in total. The lowest BCUT2D eigenvalue weighted by Crippen LogP contribution is -2.08. The fourth-order valence-corrected chi connectivity index (χ4v) is 4.51. The zero-order valence-electron chi connectivity index (χ0n) is 22.8. The first-order valence-electron chi connectivity index (χ1n) is 13.3. The standard InChI is InChI=1S/C35H29NO5/c1-3-26-11-7-8-12-29(26)33(37)31-21-36-32-20-28(40-22-25-9-5-4-6-10-25)17-18-30(32)34(31)41-27-15-13-24(14-16-27)19-23(2)35(38)39/h4-21H,3,22H2,1-2H3,(H,38,39)/b23-19+. The fraction of sp³-hybridized carbons (Fsp3) is 0.114. The van der Waals surface area contributed by atoms with E-state index in [0.717, 1.165) is 16.7 Å². The number of carbonyl (C=O) groups is 2. The second-order valence-electron chi connectivity index (χ2n) is 9.60. The van der Waals surface area contributed by atoms with Gasteiger partial charge < -0.3 is 14.6 Å². The van der Waals surface area contributed by atoms with Crippen molar-refractivity contribution in [3.63, 3.8) is 0 Å². The van der Waals surface area contributed by atoms with Crippen LogP contribution in [0.3, 0.4) is 0 Å². The molecule has 0 saturated heterocycles. The Labute approximate surface area is 238 Å². The molecule has 204 valence electrons. The van der Waals surface area contributed by atoms with Crippen LogP contribution >= 0.6 is 0 Å². The molecular formula is C35H29NO5. The number of hydrogen-bond acceptors (Lipinski definition) is 5. The number of carboxylic acid groups (broad SMARTS) is 1. The van der Waals surface area contributed by atoms with E-state index in [0.29, 0.717) is 52.3 Å². The molecule has 0 fully saturated rings. The molecular weight excluding hydrogens is 514 g/mol. The van der Waals surface area contributed by atoms with Crippen molar-refractivity contribution >= 4 is 28.7 Å². The summed E-state index contributed by atoms with van der Waals surface area (Å²) >= 11 is 0. The predicted molar refractivity (Wildman–Crippen MR) is 160 cm³/mol. The Hall–Kier alpha value is -5.23. The molecule has 0 aliphatic carbocycles. The van der Waals surface area contributed by atoms with E-state index >= 15 is 0 Å². The predicted octanol–water partition coefficient (Wildman–Crippen LogP) is 7.89. The molecule has 0 amide bonds. The number of aryl methyl sites for hydroxylation is 1. The minimum Gasteiger partial charge on any atom is -0.489 e. The normalized spacial score (nSPS) is 11.3. The maximum atomic E-state index is 13.8. The molecule has 0 bridgehead atoms. The summed E-state index contributed by atoms with van der Waals surface area (Å²) < 4.78 is 12.4. The third kappa shape index (κ3) is 6.34. The van der Waals surface area contributed by atoms with E-state index in [1.165, 1.54) is 0 Å². The van der Waals surface area contributed by atoms with Gasteiger partial charge in [0.05, 0.1) is 11.1 Å². The number of pyridine rings is 1.